The fourth-order valence-electron chi connectivity index (χ4n) is 5.50. The van der Waals surface area contributed by atoms with Crippen LogP contribution in [0.3, 0.4) is 0 Å². The van der Waals surface area contributed by atoms with Gasteiger partial charge < -0.3 is 24.4 Å². The fourth-order valence-corrected chi connectivity index (χ4v) is 5.50. The Balaban J connectivity index is 1.37. The maximum atomic E-state index is 10.9. The largest absolute Gasteiger partial charge is 0.504 e. The predicted octanol–water partition coefficient (Wildman–Crippen LogP) is 3.75. The molecule has 2 saturated heterocycles. The molecule has 0 saturated carbocycles. The minimum Gasteiger partial charge on any atom is -0.504 e. The summed E-state index contributed by atoms with van der Waals surface area (Å²) >= 11 is 0. The van der Waals surface area contributed by atoms with Gasteiger partial charge in [-0.3, -0.25) is 4.90 Å². The minimum absolute atomic E-state index is 0.103. The zero-order valence-electron chi connectivity index (χ0n) is 18.4. The van der Waals surface area contributed by atoms with Crippen LogP contribution in [0.4, 0.5) is 0 Å². The molecule has 0 radical (unpaired) electrons. The highest BCUT2D eigenvalue weighted by Gasteiger charge is 2.53. The second-order valence-corrected chi connectivity index (χ2v) is 9.45. The van der Waals surface area contributed by atoms with E-state index in [1.165, 1.54) is 0 Å². The Morgan fingerprint density at radius 1 is 1.22 bits per heavy atom. The summed E-state index contributed by atoms with van der Waals surface area (Å²) in [6.45, 7) is 5.36. The smallest absolute Gasteiger partial charge is 0.341 e. The molecule has 5 rings (SSSR count). The van der Waals surface area contributed by atoms with Gasteiger partial charge in [-0.2, -0.15) is 0 Å². The van der Waals surface area contributed by atoms with Gasteiger partial charge in [0, 0.05) is 36.2 Å². The first-order chi connectivity index (χ1) is 15.3. The van der Waals surface area contributed by atoms with Gasteiger partial charge in [0.25, 0.3) is 0 Å². The van der Waals surface area contributed by atoms with E-state index in [2.05, 4.69) is 18.7 Å². The van der Waals surface area contributed by atoms with E-state index in [9.17, 15) is 9.90 Å². The average molecular weight is 440 g/mol. The number of aliphatic carboxylic acids is 1. The maximum Gasteiger partial charge on any atom is 0.341 e. The number of phenols is 1. The number of carboxylic acids is 1. The van der Waals surface area contributed by atoms with Crippen molar-refractivity contribution in [3.8, 4) is 17.2 Å². The molecule has 3 aliphatic rings. The van der Waals surface area contributed by atoms with Crippen molar-refractivity contribution in [2.24, 2.45) is 5.92 Å². The summed E-state index contributed by atoms with van der Waals surface area (Å²) < 4.78 is 18.5. The predicted molar refractivity (Wildman–Crippen MR) is 117 cm³/mol. The number of hydrogen-bond acceptors (Lipinski definition) is 6. The van der Waals surface area contributed by atoms with Gasteiger partial charge >= 0.3 is 5.97 Å². The van der Waals surface area contributed by atoms with Crippen LogP contribution >= 0.6 is 0 Å². The highest BCUT2D eigenvalue weighted by Crippen LogP contribution is 2.54. The molecule has 2 N–H and O–H groups in total. The number of benzene rings is 2. The van der Waals surface area contributed by atoms with E-state index in [4.69, 9.17) is 19.3 Å². The van der Waals surface area contributed by atoms with Crippen molar-refractivity contribution in [2.45, 2.75) is 57.1 Å². The molecule has 2 fully saturated rings. The third-order valence-electron chi connectivity index (χ3n) is 7.07. The third-order valence-corrected chi connectivity index (χ3v) is 7.07. The number of ether oxygens (including phenoxy) is 3. The first-order valence-corrected chi connectivity index (χ1v) is 11.2. The lowest BCUT2D eigenvalue weighted by Gasteiger charge is -2.50. The standard InChI is InChI=1S/C25H29NO6/c1-25(2)17-12-18-21(31-23(17)16-7-5-8-19(27)24(16)32-25)10-11-26(18)13-15-6-3-4-9-20(15)30-14-22(28)29/h3-9,17-18,21,23,27H,10-14H2,1-2H3,(H,28,29)/t17-,18-,21-,23+/m1/s1. The van der Waals surface area contributed by atoms with E-state index in [0.29, 0.717) is 18.0 Å². The van der Waals surface area contributed by atoms with Gasteiger partial charge in [-0.1, -0.05) is 30.3 Å². The number of carboxylic acid groups (broad SMARTS) is 1. The van der Waals surface area contributed by atoms with Crippen molar-refractivity contribution in [3.05, 3.63) is 53.6 Å². The van der Waals surface area contributed by atoms with Crippen molar-refractivity contribution in [3.63, 3.8) is 0 Å². The molecule has 3 aliphatic heterocycles. The van der Waals surface area contributed by atoms with Gasteiger partial charge in [-0.15, -0.1) is 0 Å². The SMILES string of the molecule is CC1(C)Oc2c(O)cccc2[C@@H]2O[C@@H]3CCN(Cc4ccccc4OCC(=O)O)[C@@H]3C[C@H]21. The number of aromatic hydroxyl groups is 1. The van der Waals surface area contributed by atoms with Crippen molar-refractivity contribution in [1.82, 2.24) is 4.90 Å². The first-order valence-electron chi connectivity index (χ1n) is 11.2. The lowest BCUT2D eigenvalue weighted by molar-refractivity contribution is -0.163. The molecule has 4 atom stereocenters. The lowest BCUT2D eigenvalue weighted by atomic mass is 9.74. The van der Waals surface area contributed by atoms with Gasteiger partial charge in [0.05, 0.1) is 12.2 Å². The average Bonchev–Trinajstić information content (AvgIpc) is 3.15. The number of fused-ring (bicyclic) bond motifs is 4. The van der Waals surface area contributed by atoms with Gasteiger partial charge in [-0.25, -0.2) is 4.79 Å². The second kappa shape index (κ2) is 7.98. The summed E-state index contributed by atoms with van der Waals surface area (Å²) in [7, 11) is 0. The quantitative estimate of drug-likeness (QED) is 0.734. The lowest BCUT2D eigenvalue weighted by Crippen LogP contribution is -2.53. The number of para-hydroxylation sites is 2. The monoisotopic (exact) mass is 439 g/mol. The summed E-state index contributed by atoms with van der Waals surface area (Å²) in [6.07, 6.45) is 1.86. The number of rotatable bonds is 5. The summed E-state index contributed by atoms with van der Waals surface area (Å²) in [5.74, 6) is 0.469. The summed E-state index contributed by atoms with van der Waals surface area (Å²) in [5.41, 5.74) is 1.43. The van der Waals surface area contributed by atoms with E-state index < -0.39 is 11.6 Å². The molecular weight excluding hydrogens is 410 g/mol. The molecule has 0 aliphatic carbocycles. The zero-order chi connectivity index (χ0) is 22.5. The topological polar surface area (TPSA) is 88.5 Å². The van der Waals surface area contributed by atoms with Crippen molar-refractivity contribution >= 4 is 5.97 Å². The molecule has 0 spiro atoms. The van der Waals surface area contributed by atoms with Crippen molar-refractivity contribution in [1.29, 1.82) is 0 Å². The Hall–Kier alpha value is -2.77. The number of carbonyl (C=O) groups is 1. The van der Waals surface area contributed by atoms with Crippen LogP contribution in [0.25, 0.3) is 0 Å². The van der Waals surface area contributed by atoms with Gasteiger partial charge in [0.15, 0.2) is 18.1 Å². The van der Waals surface area contributed by atoms with Crippen molar-refractivity contribution < 1.29 is 29.2 Å². The van der Waals surface area contributed by atoms with Crippen LogP contribution in [0.2, 0.25) is 0 Å². The molecule has 7 heteroatoms. The molecule has 3 heterocycles. The van der Waals surface area contributed by atoms with Crippen LogP contribution < -0.4 is 9.47 Å². The van der Waals surface area contributed by atoms with E-state index in [-0.39, 0.29) is 36.5 Å². The Labute approximate surface area is 187 Å². The zero-order valence-corrected chi connectivity index (χ0v) is 18.4. The van der Waals surface area contributed by atoms with E-state index >= 15 is 0 Å². The molecule has 0 bridgehead atoms. The Morgan fingerprint density at radius 3 is 2.84 bits per heavy atom. The summed E-state index contributed by atoms with van der Waals surface area (Å²) in [5, 5.41) is 19.3. The number of likely N-dealkylation sites (tertiary alicyclic amines) is 1. The molecular formula is C25H29NO6. The maximum absolute atomic E-state index is 10.9. The molecule has 0 unspecified atom stereocenters. The van der Waals surface area contributed by atoms with Crippen LogP contribution in [0.15, 0.2) is 42.5 Å². The molecule has 170 valence electrons. The fraction of sp³-hybridized carbons (Fsp3) is 0.480. The molecule has 0 amide bonds. The number of nitrogens with zero attached hydrogens (tertiary/aromatic N) is 1. The van der Waals surface area contributed by atoms with Crippen LogP contribution in [-0.4, -0.2) is 52.0 Å². The number of hydrogen-bond donors (Lipinski definition) is 2. The van der Waals surface area contributed by atoms with Crippen LogP contribution in [0.1, 0.15) is 43.9 Å². The third kappa shape index (κ3) is 3.69. The van der Waals surface area contributed by atoms with Gasteiger partial charge in [-0.05, 0) is 38.8 Å². The summed E-state index contributed by atoms with van der Waals surface area (Å²) in [6, 6.07) is 13.3. The van der Waals surface area contributed by atoms with Gasteiger partial charge in [0.2, 0.25) is 0 Å². The van der Waals surface area contributed by atoms with Crippen LogP contribution in [-0.2, 0) is 16.1 Å². The molecule has 2 aromatic rings. The van der Waals surface area contributed by atoms with E-state index in [0.717, 1.165) is 30.5 Å². The number of phenolic OH excluding ortho intramolecular Hbond substituents is 1. The van der Waals surface area contributed by atoms with Crippen LogP contribution in [0, 0.1) is 5.92 Å². The highest BCUT2D eigenvalue weighted by molar-refractivity contribution is 5.68. The molecule has 7 nitrogen and oxygen atoms in total. The van der Waals surface area contributed by atoms with E-state index in [1.54, 1.807) is 6.07 Å². The first kappa shape index (κ1) is 21.1. The molecule has 2 aromatic carbocycles. The normalized spacial score (nSPS) is 28.2. The van der Waals surface area contributed by atoms with Crippen molar-refractivity contribution in [2.75, 3.05) is 13.2 Å². The van der Waals surface area contributed by atoms with E-state index in [1.807, 2.05) is 36.4 Å². The molecule has 0 aromatic heterocycles. The van der Waals surface area contributed by atoms with Gasteiger partial charge in [0.1, 0.15) is 11.4 Å². The minimum atomic E-state index is -0.987. The Bertz CT molecular complexity index is 1020. The Morgan fingerprint density at radius 2 is 2.03 bits per heavy atom. The molecule has 32 heavy (non-hydrogen) atoms. The van der Waals surface area contributed by atoms with Crippen LogP contribution in [0.5, 0.6) is 17.2 Å². The highest BCUT2D eigenvalue weighted by atomic mass is 16.5. The second-order valence-electron chi connectivity index (χ2n) is 9.45. The summed E-state index contributed by atoms with van der Waals surface area (Å²) in [4.78, 5) is 13.4. The Kier molecular flexibility index (Phi) is 5.26.